The Morgan fingerprint density at radius 2 is 1.95 bits per heavy atom. The third kappa shape index (κ3) is 3.15. The fraction of sp³-hybridized carbons (Fsp3) is 0.385. The minimum atomic E-state index is -4.39. The molecule has 0 amide bonds. The maximum atomic E-state index is 12.6. The number of hydrogen-bond donors (Lipinski definition) is 0. The number of unbranched alkanes of at least 4 members (excludes halogenated alkanes) is 1. The lowest BCUT2D eigenvalue weighted by atomic mass is 10.1. The van der Waals surface area contributed by atoms with E-state index in [2.05, 4.69) is 9.97 Å². The molecule has 1 heterocycles. The molecule has 0 N–H and O–H groups in total. The van der Waals surface area contributed by atoms with Gasteiger partial charge in [0, 0.05) is 11.8 Å². The average Bonchev–Trinajstić information content (AvgIpc) is 2.35. The maximum Gasteiger partial charge on any atom is 0.416 e. The first-order valence-corrected chi connectivity index (χ1v) is 6.33. The van der Waals surface area contributed by atoms with Gasteiger partial charge in [0.05, 0.1) is 11.1 Å². The first-order valence-electron chi connectivity index (χ1n) is 5.95. The molecule has 0 fully saturated rings. The van der Waals surface area contributed by atoms with E-state index in [1.807, 2.05) is 6.92 Å². The van der Waals surface area contributed by atoms with Crippen LogP contribution in [0.3, 0.4) is 0 Å². The van der Waals surface area contributed by atoms with Gasteiger partial charge < -0.3 is 0 Å². The standard InChI is InChI=1S/C13H12ClF3N2/c1-2-3-4-11-18-10-6-5-8(13(15,16)17)7-9(10)12(14)19-11/h5-7H,2-4H2,1H3. The lowest BCUT2D eigenvalue weighted by Gasteiger charge is -2.09. The predicted octanol–water partition coefficient (Wildman–Crippen LogP) is 4.64. The normalized spacial score (nSPS) is 12.1. The monoisotopic (exact) mass is 288 g/mol. The number of aryl methyl sites for hydroxylation is 1. The van der Waals surface area contributed by atoms with Gasteiger partial charge in [0.2, 0.25) is 0 Å². The molecule has 0 spiro atoms. The van der Waals surface area contributed by atoms with Gasteiger partial charge in [-0.3, -0.25) is 0 Å². The zero-order valence-corrected chi connectivity index (χ0v) is 11.0. The summed E-state index contributed by atoms with van der Waals surface area (Å²) in [5.41, 5.74) is -0.300. The summed E-state index contributed by atoms with van der Waals surface area (Å²) in [4.78, 5) is 8.28. The van der Waals surface area contributed by atoms with E-state index in [0.29, 0.717) is 17.8 Å². The minimum absolute atomic E-state index is 0.0715. The van der Waals surface area contributed by atoms with Crippen molar-refractivity contribution in [1.82, 2.24) is 9.97 Å². The molecule has 0 saturated carbocycles. The largest absolute Gasteiger partial charge is 0.416 e. The van der Waals surface area contributed by atoms with Crippen molar-refractivity contribution in [3.63, 3.8) is 0 Å². The van der Waals surface area contributed by atoms with Crippen molar-refractivity contribution >= 4 is 22.5 Å². The Hall–Kier alpha value is -1.36. The second-order valence-electron chi connectivity index (χ2n) is 4.26. The molecular formula is C13H12ClF3N2. The summed E-state index contributed by atoms with van der Waals surface area (Å²) in [5.74, 6) is 0.569. The number of alkyl halides is 3. The van der Waals surface area contributed by atoms with Gasteiger partial charge in [-0.25, -0.2) is 9.97 Å². The first kappa shape index (κ1) is 14.1. The van der Waals surface area contributed by atoms with Crippen LogP contribution in [0.15, 0.2) is 18.2 Å². The Bertz CT molecular complexity index is 596. The fourth-order valence-corrected chi connectivity index (χ4v) is 2.01. The van der Waals surface area contributed by atoms with Crippen LogP contribution in [-0.2, 0) is 12.6 Å². The van der Waals surface area contributed by atoms with Crippen LogP contribution in [0.2, 0.25) is 5.15 Å². The molecular weight excluding hydrogens is 277 g/mol. The van der Waals surface area contributed by atoms with Crippen LogP contribution in [0.1, 0.15) is 31.2 Å². The van der Waals surface area contributed by atoms with Crippen molar-refractivity contribution in [2.24, 2.45) is 0 Å². The summed E-state index contributed by atoms with van der Waals surface area (Å²) < 4.78 is 37.8. The van der Waals surface area contributed by atoms with Crippen LogP contribution in [0.5, 0.6) is 0 Å². The minimum Gasteiger partial charge on any atom is -0.233 e. The molecule has 19 heavy (non-hydrogen) atoms. The average molecular weight is 289 g/mol. The van der Waals surface area contributed by atoms with Gasteiger partial charge in [0.15, 0.2) is 0 Å². The number of nitrogens with zero attached hydrogens (tertiary/aromatic N) is 2. The summed E-state index contributed by atoms with van der Waals surface area (Å²) in [5, 5.41) is 0.305. The summed E-state index contributed by atoms with van der Waals surface area (Å²) in [6, 6.07) is 3.33. The lowest BCUT2D eigenvalue weighted by Crippen LogP contribution is -2.05. The molecule has 0 atom stereocenters. The third-order valence-electron chi connectivity index (χ3n) is 2.78. The van der Waals surface area contributed by atoms with Crippen LogP contribution >= 0.6 is 11.6 Å². The van der Waals surface area contributed by atoms with Crippen LogP contribution < -0.4 is 0 Å². The fourth-order valence-electron chi connectivity index (χ4n) is 1.76. The number of halogens is 4. The van der Waals surface area contributed by atoms with E-state index >= 15 is 0 Å². The van der Waals surface area contributed by atoms with Crippen LogP contribution in [-0.4, -0.2) is 9.97 Å². The Morgan fingerprint density at radius 1 is 1.21 bits per heavy atom. The number of aromatic nitrogens is 2. The van der Waals surface area contributed by atoms with Gasteiger partial charge in [-0.15, -0.1) is 0 Å². The molecule has 0 aliphatic heterocycles. The molecule has 1 aromatic heterocycles. The topological polar surface area (TPSA) is 25.8 Å². The maximum absolute atomic E-state index is 12.6. The zero-order valence-electron chi connectivity index (χ0n) is 10.3. The molecule has 0 bridgehead atoms. The van der Waals surface area contributed by atoms with Crippen molar-refractivity contribution in [2.45, 2.75) is 32.4 Å². The van der Waals surface area contributed by atoms with Crippen LogP contribution in [0, 0.1) is 0 Å². The van der Waals surface area contributed by atoms with E-state index in [4.69, 9.17) is 11.6 Å². The van der Waals surface area contributed by atoms with Crippen LogP contribution in [0.4, 0.5) is 13.2 Å². The van der Waals surface area contributed by atoms with E-state index in [1.54, 1.807) is 0 Å². The Morgan fingerprint density at radius 3 is 2.58 bits per heavy atom. The molecule has 102 valence electrons. The summed E-state index contributed by atoms with van der Waals surface area (Å²) in [6.07, 6.45) is -1.81. The molecule has 2 rings (SSSR count). The van der Waals surface area contributed by atoms with Gasteiger partial charge in [-0.1, -0.05) is 24.9 Å². The van der Waals surface area contributed by atoms with Crippen LogP contribution in [0.25, 0.3) is 10.9 Å². The lowest BCUT2D eigenvalue weighted by molar-refractivity contribution is -0.137. The number of hydrogen-bond acceptors (Lipinski definition) is 2. The first-order chi connectivity index (χ1) is 8.91. The quantitative estimate of drug-likeness (QED) is 0.769. The SMILES string of the molecule is CCCCc1nc(Cl)c2cc(C(F)(F)F)ccc2n1. The molecule has 6 heteroatoms. The van der Waals surface area contributed by atoms with Gasteiger partial charge in [-0.2, -0.15) is 13.2 Å². The van der Waals surface area contributed by atoms with Crippen molar-refractivity contribution < 1.29 is 13.2 Å². The van der Waals surface area contributed by atoms with Crippen molar-refractivity contribution in [2.75, 3.05) is 0 Å². The van der Waals surface area contributed by atoms with Crippen molar-refractivity contribution in [3.05, 3.63) is 34.7 Å². The van der Waals surface area contributed by atoms with E-state index in [-0.39, 0.29) is 10.5 Å². The van der Waals surface area contributed by atoms with E-state index in [9.17, 15) is 13.2 Å². The Kier molecular flexibility index (Phi) is 3.94. The number of benzene rings is 1. The summed E-state index contributed by atoms with van der Waals surface area (Å²) in [6.45, 7) is 2.04. The van der Waals surface area contributed by atoms with E-state index < -0.39 is 11.7 Å². The molecule has 0 aliphatic carbocycles. The molecule has 0 aliphatic rings. The zero-order chi connectivity index (χ0) is 14.0. The molecule has 0 radical (unpaired) electrons. The molecule has 1 aromatic carbocycles. The summed E-state index contributed by atoms with van der Waals surface area (Å²) >= 11 is 5.94. The van der Waals surface area contributed by atoms with Crippen molar-refractivity contribution in [1.29, 1.82) is 0 Å². The van der Waals surface area contributed by atoms with Gasteiger partial charge >= 0.3 is 6.18 Å². The van der Waals surface area contributed by atoms with E-state index in [0.717, 1.165) is 25.0 Å². The molecule has 0 saturated heterocycles. The highest BCUT2D eigenvalue weighted by Crippen LogP contribution is 2.32. The smallest absolute Gasteiger partial charge is 0.233 e. The molecule has 0 unspecified atom stereocenters. The van der Waals surface area contributed by atoms with Gasteiger partial charge in [-0.05, 0) is 24.6 Å². The second-order valence-corrected chi connectivity index (χ2v) is 4.62. The van der Waals surface area contributed by atoms with Gasteiger partial charge in [0.1, 0.15) is 11.0 Å². The highest BCUT2D eigenvalue weighted by molar-refractivity contribution is 6.34. The highest BCUT2D eigenvalue weighted by Gasteiger charge is 2.30. The number of rotatable bonds is 3. The summed E-state index contributed by atoms with van der Waals surface area (Å²) in [7, 11) is 0. The predicted molar refractivity (Wildman–Crippen MR) is 68.2 cm³/mol. The molecule has 2 nitrogen and oxygen atoms in total. The third-order valence-corrected chi connectivity index (χ3v) is 3.06. The number of fused-ring (bicyclic) bond motifs is 1. The van der Waals surface area contributed by atoms with E-state index in [1.165, 1.54) is 6.07 Å². The second kappa shape index (κ2) is 5.33. The Balaban J connectivity index is 2.48. The Labute approximate surface area is 113 Å². The van der Waals surface area contributed by atoms with Gasteiger partial charge in [0.25, 0.3) is 0 Å². The van der Waals surface area contributed by atoms with Crippen molar-refractivity contribution in [3.8, 4) is 0 Å². The molecule has 2 aromatic rings. The highest BCUT2D eigenvalue weighted by atomic mass is 35.5.